The van der Waals surface area contributed by atoms with Gasteiger partial charge in [0.05, 0.1) is 12.1 Å². The molecule has 0 spiro atoms. The summed E-state index contributed by atoms with van der Waals surface area (Å²) in [5, 5.41) is 4.66. The van der Waals surface area contributed by atoms with Gasteiger partial charge in [0.2, 0.25) is 6.79 Å². The average Bonchev–Trinajstić information content (AvgIpc) is 3.34. The van der Waals surface area contributed by atoms with Crippen LogP contribution >= 0.6 is 11.3 Å². The topological polar surface area (TPSA) is 91.2 Å². The molecule has 1 aliphatic rings. The number of aromatic nitrogens is 2. The van der Waals surface area contributed by atoms with Crippen LogP contribution in [0.4, 0.5) is 0 Å². The Hall–Kier alpha value is -3.07. The van der Waals surface area contributed by atoms with E-state index < -0.39 is 12.1 Å². The minimum Gasteiger partial charge on any atom is -0.454 e. The van der Waals surface area contributed by atoms with Crippen LogP contribution in [0.3, 0.4) is 0 Å². The summed E-state index contributed by atoms with van der Waals surface area (Å²) in [6.45, 7) is 2.04. The van der Waals surface area contributed by atoms with Gasteiger partial charge in [0.15, 0.2) is 22.6 Å². The van der Waals surface area contributed by atoms with E-state index in [9.17, 15) is 9.59 Å². The highest BCUT2D eigenvalue weighted by molar-refractivity contribution is 7.15. The van der Waals surface area contributed by atoms with Gasteiger partial charge in [-0.3, -0.25) is 14.0 Å². The van der Waals surface area contributed by atoms with Crippen molar-refractivity contribution in [2.45, 2.75) is 26.0 Å². The molecule has 1 N–H and O–H groups in total. The molecule has 8 nitrogen and oxygen atoms in total. The standard InChI is InChI=1S/C18H17N3O5S/c1-11(26-16(22)7-13-9-21-4-5-27-18(21)20-13)17(23)19-8-12-2-3-14-15(6-12)25-10-24-14/h2-6,9,11H,7-8,10H2,1H3,(H,19,23)/t11-/m0/s1. The van der Waals surface area contributed by atoms with E-state index in [4.69, 9.17) is 14.2 Å². The Morgan fingerprint density at radius 2 is 2.22 bits per heavy atom. The Bertz CT molecular complexity index is 967. The number of esters is 1. The number of ether oxygens (including phenoxy) is 3. The van der Waals surface area contributed by atoms with Crippen LogP contribution in [0.2, 0.25) is 0 Å². The SMILES string of the molecule is C[C@H](OC(=O)Cc1cn2ccsc2n1)C(=O)NCc1ccc2c(c1)OCO2. The molecule has 140 valence electrons. The van der Waals surface area contributed by atoms with Crippen molar-refractivity contribution in [3.8, 4) is 11.5 Å². The third-order valence-corrected chi connectivity index (χ3v) is 4.82. The van der Waals surface area contributed by atoms with Crippen molar-refractivity contribution >= 4 is 28.2 Å². The van der Waals surface area contributed by atoms with Gasteiger partial charge < -0.3 is 19.5 Å². The first-order valence-electron chi connectivity index (χ1n) is 8.35. The van der Waals surface area contributed by atoms with Crippen molar-refractivity contribution in [1.82, 2.24) is 14.7 Å². The largest absolute Gasteiger partial charge is 0.454 e. The van der Waals surface area contributed by atoms with E-state index in [1.165, 1.54) is 11.3 Å². The first-order chi connectivity index (χ1) is 13.1. The molecular weight excluding hydrogens is 370 g/mol. The molecule has 3 aromatic rings. The van der Waals surface area contributed by atoms with E-state index in [1.807, 2.05) is 28.1 Å². The molecule has 0 unspecified atom stereocenters. The number of nitrogens with zero attached hydrogens (tertiary/aromatic N) is 2. The van der Waals surface area contributed by atoms with Crippen molar-refractivity contribution in [2.24, 2.45) is 0 Å². The van der Waals surface area contributed by atoms with Crippen LogP contribution in [-0.2, 0) is 27.3 Å². The summed E-state index contributed by atoms with van der Waals surface area (Å²) in [6.07, 6.45) is 2.77. The summed E-state index contributed by atoms with van der Waals surface area (Å²) < 4.78 is 17.6. The molecular formula is C18H17N3O5S. The van der Waals surface area contributed by atoms with E-state index in [-0.39, 0.29) is 19.1 Å². The predicted molar refractivity (Wildman–Crippen MR) is 96.7 cm³/mol. The van der Waals surface area contributed by atoms with Crippen LogP contribution in [0, 0.1) is 0 Å². The molecule has 27 heavy (non-hydrogen) atoms. The van der Waals surface area contributed by atoms with Crippen LogP contribution in [0.1, 0.15) is 18.2 Å². The molecule has 0 fully saturated rings. The highest BCUT2D eigenvalue weighted by Crippen LogP contribution is 2.32. The smallest absolute Gasteiger partial charge is 0.312 e. The number of thiazole rings is 1. The summed E-state index contributed by atoms with van der Waals surface area (Å²) in [5.74, 6) is 0.478. The average molecular weight is 387 g/mol. The number of fused-ring (bicyclic) bond motifs is 2. The lowest BCUT2D eigenvalue weighted by molar-refractivity contribution is -0.154. The molecule has 4 rings (SSSR count). The number of nitrogens with one attached hydrogen (secondary N) is 1. The Morgan fingerprint density at radius 1 is 1.37 bits per heavy atom. The number of carbonyl (C=O) groups excluding carboxylic acids is 2. The number of amides is 1. The molecule has 1 atom stereocenters. The fourth-order valence-electron chi connectivity index (χ4n) is 2.69. The second-order valence-corrected chi connectivity index (χ2v) is 6.91. The Morgan fingerprint density at radius 3 is 3.07 bits per heavy atom. The summed E-state index contributed by atoms with van der Waals surface area (Å²) in [6, 6.07) is 5.45. The molecule has 9 heteroatoms. The molecule has 1 aromatic carbocycles. The van der Waals surface area contributed by atoms with Gasteiger partial charge in [0.1, 0.15) is 0 Å². The molecule has 0 radical (unpaired) electrons. The van der Waals surface area contributed by atoms with E-state index >= 15 is 0 Å². The highest BCUT2D eigenvalue weighted by Gasteiger charge is 2.19. The zero-order valence-electron chi connectivity index (χ0n) is 14.5. The quantitative estimate of drug-likeness (QED) is 0.650. The summed E-state index contributed by atoms with van der Waals surface area (Å²) in [5.41, 5.74) is 1.48. The zero-order valence-corrected chi connectivity index (χ0v) is 15.3. The van der Waals surface area contributed by atoms with Crippen LogP contribution < -0.4 is 14.8 Å². The fraction of sp³-hybridized carbons (Fsp3) is 0.278. The lowest BCUT2D eigenvalue weighted by Gasteiger charge is -2.13. The minimum atomic E-state index is -0.893. The number of imidazole rings is 1. The molecule has 2 aromatic heterocycles. The van der Waals surface area contributed by atoms with Crippen molar-refractivity contribution in [3.63, 3.8) is 0 Å². The number of hydrogen-bond acceptors (Lipinski definition) is 7. The van der Waals surface area contributed by atoms with Crippen molar-refractivity contribution in [3.05, 3.63) is 47.2 Å². The first kappa shape index (κ1) is 17.3. The maximum absolute atomic E-state index is 12.2. The van der Waals surface area contributed by atoms with Crippen LogP contribution in [0.25, 0.3) is 4.96 Å². The van der Waals surface area contributed by atoms with Crippen molar-refractivity contribution in [2.75, 3.05) is 6.79 Å². The van der Waals surface area contributed by atoms with Gasteiger partial charge in [0, 0.05) is 24.3 Å². The lowest BCUT2D eigenvalue weighted by Crippen LogP contribution is -2.35. The number of carbonyl (C=O) groups is 2. The second-order valence-electron chi connectivity index (χ2n) is 6.04. The number of rotatable bonds is 6. The monoisotopic (exact) mass is 387 g/mol. The van der Waals surface area contributed by atoms with Gasteiger partial charge >= 0.3 is 5.97 Å². The summed E-state index contributed by atoms with van der Waals surface area (Å²) >= 11 is 1.48. The van der Waals surface area contributed by atoms with Crippen LogP contribution in [0.5, 0.6) is 11.5 Å². The number of benzene rings is 1. The molecule has 1 aliphatic heterocycles. The third kappa shape index (κ3) is 3.87. The van der Waals surface area contributed by atoms with E-state index in [1.54, 1.807) is 19.2 Å². The maximum Gasteiger partial charge on any atom is 0.312 e. The summed E-state index contributed by atoms with van der Waals surface area (Å²) in [7, 11) is 0. The predicted octanol–water partition coefficient (Wildman–Crippen LogP) is 1.92. The van der Waals surface area contributed by atoms with Gasteiger partial charge in [0.25, 0.3) is 5.91 Å². The van der Waals surface area contributed by atoms with Crippen LogP contribution in [-0.4, -0.2) is 34.2 Å². The number of hydrogen-bond donors (Lipinski definition) is 1. The minimum absolute atomic E-state index is 0.0220. The highest BCUT2D eigenvalue weighted by atomic mass is 32.1. The van der Waals surface area contributed by atoms with Crippen molar-refractivity contribution < 1.29 is 23.8 Å². The van der Waals surface area contributed by atoms with Gasteiger partial charge in [-0.1, -0.05) is 6.07 Å². The molecule has 1 amide bonds. The molecule has 0 saturated heterocycles. The van der Waals surface area contributed by atoms with E-state index in [0.717, 1.165) is 10.5 Å². The van der Waals surface area contributed by atoms with E-state index in [2.05, 4.69) is 10.3 Å². The second kappa shape index (κ2) is 7.28. The van der Waals surface area contributed by atoms with Crippen molar-refractivity contribution in [1.29, 1.82) is 0 Å². The van der Waals surface area contributed by atoms with Gasteiger partial charge in [-0.25, -0.2) is 4.98 Å². The third-order valence-electron chi connectivity index (χ3n) is 4.05. The zero-order chi connectivity index (χ0) is 18.8. The molecule has 0 aliphatic carbocycles. The lowest BCUT2D eigenvalue weighted by atomic mass is 10.2. The van der Waals surface area contributed by atoms with Crippen LogP contribution in [0.15, 0.2) is 36.0 Å². The van der Waals surface area contributed by atoms with Gasteiger partial charge in [-0.2, -0.15) is 0 Å². The molecule has 0 bridgehead atoms. The van der Waals surface area contributed by atoms with Gasteiger partial charge in [-0.15, -0.1) is 11.3 Å². The van der Waals surface area contributed by atoms with Gasteiger partial charge in [-0.05, 0) is 24.6 Å². The van der Waals surface area contributed by atoms with E-state index in [0.29, 0.717) is 23.7 Å². The fourth-order valence-corrected chi connectivity index (χ4v) is 3.40. The Labute approximate surface area is 158 Å². The molecule has 3 heterocycles. The maximum atomic E-state index is 12.2. The first-order valence-corrected chi connectivity index (χ1v) is 9.23. The normalized spacial score (nSPS) is 13.5. The Kier molecular flexibility index (Phi) is 4.68. The molecule has 0 saturated carbocycles. The Balaban J connectivity index is 1.27. The summed E-state index contributed by atoms with van der Waals surface area (Å²) in [4.78, 5) is 29.4.